The van der Waals surface area contributed by atoms with Crippen LogP contribution in [0.5, 0.6) is 11.5 Å². The Hall–Kier alpha value is -2.49. The lowest BCUT2D eigenvalue weighted by Crippen LogP contribution is -2.14. The van der Waals surface area contributed by atoms with Crippen LogP contribution in [0.15, 0.2) is 36.9 Å². The Bertz CT molecular complexity index is 779. The van der Waals surface area contributed by atoms with E-state index in [0.29, 0.717) is 13.2 Å². The molecule has 0 aromatic heterocycles. The number of esters is 1. The number of hydrogen-bond donors (Lipinski definition) is 0. The molecule has 0 amide bonds. The Morgan fingerprint density at radius 2 is 1.64 bits per heavy atom. The van der Waals surface area contributed by atoms with Crippen LogP contribution in [-0.2, 0) is 22.4 Å². The van der Waals surface area contributed by atoms with Crippen LogP contribution in [0.3, 0.4) is 0 Å². The summed E-state index contributed by atoms with van der Waals surface area (Å²) in [5, 5.41) is 2.14. The van der Waals surface area contributed by atoms with Gasteiger partial charge in [-0.05, 0) is 32.6 Å². The fourth-order valence-electron chi connectivity index (χ4n) is 3.43. The van der Waals surface area contributed by atoms with Gasteiger partial charge in [0.25, 0.3) is 0 Å². The molecule has 0 spiro atoms. The average molecular weight is 340 g/mol. The number of carbonyl (C=O) groups is 1. The van der Waals surface area contributed by atoms with Crippen LogP contribution in [-0.4, -0.2) is 25.8 Å². The molecule has 25 heavy (non-hydrogen) atoms. The topological polar surface area (TPSA) is 44.8 Å². The normalized spacial score (nSPS) is 13.2. The van der Waals surface area contributed by atoms with E-state index in [1.54, 1.807) is 0 Å². The van der Waals surface area contributed by atoms with Crippen molar-refractivity contribution in [1.82, 2.24) is 0 Å². The van der Waals surface area contributed by atoms with Gasteiger partial charge < -0.3 is 14.2 Å². The first-order valence-corrected chi connectivity index (χ1v) is 8.87. The summed E-state index contributed by atoms with van der Waals surface area (Å²) in [6.45, 7) is 6.59. The Morgan fingerprint density at radius 1 is 1.04 bits per heavy atom. The highest BCUT2D eigenvalue weighted by molar-refractivity contribution is 5.96. The van der Waals surface area contributed by atoms with Gasteiger partial charge >= 0.3 is 5.97 Å². The third-order valence-electron chi connectivity index (χ3n) is 4.46. The lowest BCUT2D eigenvalue weighted by molar-refractivity contribution is -0.138. The van der Waals surface area contributed by atoms with Crippen LogP contribution in [0.2, 0.25) is 0 Å². The summed E-state index contributed by atoms with van der Waals surface area (Å²) in [4.78, 5) is 11.2. The molecule has 2 aromatic carbocycles. The van der Waals surface area contributed by atoms with Crippen molar-refractivity contribution in [3.63, 3.8) is 0 Å². The summed E-state index contributed by atoms with van der Waals surface area (Å²) in [5.41, 5.74) is 2.51. The Kier molecular flexibility index (Phi) is 5.59. The number of ether oxygens (including phenoxy) is 3. The van der Waals surface area contributed by atoms with E-state index in [1.807, 2.05) is 19.1 Å². The monoisotopic (exact) mass is 340 g/mol. The zero-order valence-electron chi connectivity index (χ0n) is 14.7. The molecule has 2 aromatic rings. The maximum absolute atomic E-state index is 11.2. The van der Waals surface area contributed by atoms with Crippen molar-refractivity contribution in [3.8, 4) is 11.5 Å². The van der Waals surface area contributed by atoms with Crippen molar-refractivity contribution in [2.45, 2.75) is 32.6 Å². The molecule has 0 radical (unpaired) electrons. The Labute approximate surface area is 148 Å². The highest BCUT2D eigenvalue weighted by atomic mass is 16.6. The SMILES string of the molecule is C=CC(=O)OCCOc1c2c(c(OCC)c3ccccc13)CCCC2. The van der Waals surface area contributed by atoms with Gasteiger partial charge in [0.15, 0.2) is 0 Å². The van der Waals surface area contributed by atoms with E-state index >= 15 is 0 Å². The number of rotatable bonds is 7. The van der Waals surface area contributed by atoms with Crippen LogP contribution >= 0.6 is 0 Å². The van der Waals surface area contributed by atoms with Gasteiger partial charge in [0, 0.05) is 28.0 Å². The second kappa shape index (κ2) is 8.06. The predicted molar refractivity (Wildman–Crippen MR) is 98.4 cm³/mol. The zero-order valence-corrected chi connectivity index (χ0v) is 14.7. The molecular weight excluding hydrogens is 316 g/mol. The highest BCUT2D eigenvalue weighted by Crippen LogP contribution is 2.44. The maximum atomic E-state index is 11.2. The molecule has 0 heterocycles. The van der Waals surface area contributed by atoms with Crippen molar-refractivity contribution in [2.75, 3.05) is 19.8 Å². The molecule has 4 heteroatoms. The van der Waals surface area contributed by atoms with Crippen molar-refractivity contribution in [2.24, 2.45) is 0 Å². The van der Waals surface area contributed by atoms with E-state index in [4.69, 9.17) is 14.2 Å². The van der Waals surface area contributed by atoms with Gasteiger partial charge in [-0.2, -0.15) is 0 Å². The summed E-state index contributed by atoms with van der Waals surface area (Å²) in [7, 11) is 0. The molecule has 4 nitrogen and oxygen atoms in total. The molecule has 0 saturated carbocycles. The van der Waals surface area contributed by atoms with E-state index in [9.17, 15) is 4.79 Å². The number of hydrogen-bond acceptors (Lipinski definition) is 4. The third kappa shape index (κ3) is 3.63. The van der Waals surface area contributed by atoms with Gasteiger partial charge in [-0.15, -0.1) is 0 Å². The lowest BCUT2D eigenvalue weighted by Gasteiger charge is -2.25. The van der Waals surface area contributed by atoms with Crippen molar-refractivity contribution < 1.29 is 19.0 Å². The molecule has 0 atom stereocenters. The smallest absolute Gasteiger partial charge is 0.330 e. The van der Waals surface area contributed by atoms with Gasteiger partial charge in [0.1, 0.15) is 24.7 Å². The standard InChI is InChI=1S/C21H24O4/c1-3-19(22)24-13-14-25-21-17-11-7-5-9-15(17)20(23-4-2)16-10-6-8-12-18(16)21/h3,5,7,9,11H,1,4,6,8,10,12-14H2,2H3. The molecule has 0 aliphatic heterocycles. The first-order valence-electron chi connectivity index (χ1n) is 8.87. The summed E-state index contributed by atoms with van der Waals surface area (Å²) in [5.74, 6) is 1.48. The van der Waals surface area contributed by atoms with E-state index in [2.05, 4.69) is 18.7 Å². The van der Waals surface area contributed by atoms with Crippen molar-refractivity contribution in [3.05, 3.63) is 48.0 Å². The van der Waals surface area contributed by atoms with Crippen LogP contribution in [0.1, 0.15) is 30.9 Å². The molecule has 0 N–H and O–H groups in total. The number of fused-ring (bicyclic) bond motifs is 2. The number of benzene rings is 2. The summed E-state index contributed by atoms with van der Waals surface area (Å²) < 4.78 is 17.1. The highest BCUT2D eigenvalue weighted by Gasteiger charge is 2.23. The lowest BCUT2D eigenvalue weighted by atomic mass is 9.87. The molecule has 1 aliphatic rings. The van der Waals surface area contributed by atoms with Gasteiger partial charge in [-0.3, -0.25) is 0 Å². The summed E-state index contributed by atoms with van der Waals surface area (Å²) in [6, 6.07) is 8.19. The average Bonchev–Trinajstić information content (AvgIpc) is 2.66. The molecular formula is C21H24O4. The molecule has 0 saturated heterocycles. The molecule has 0 fully saturated rings. The maximum Gasteiger partial charge on any atom is 0.330 e. The minimum absolute atomic E-state index is 0.209. The minimum atomic E-state index is -0.429. The molecule has 0 unspecified atom stereocenters. The fraction of sp³-hybridized carbons (Fsp3) is 0.381. The Balaban J connectivity index is 1.97. The second-order valence-corrected chi connectivity index (χ2v) is 6.02. The van der Waals surface area contributed by atoms with Gasteiger partial charge in [0.2, 0.25) is 0 Å². The summed E-state index contributed by atoms with van der Waals surface area (Å²) in [6.07, 6.45) is 5.48. The minimum Gasteiger partial charge on any atom is -0.493 e. The second-order valence-electron chi connectivity index (χ2n) is 6.02. The first-order chi connectivity index (χ1) is 12.3. The molecule has 0 bridgehead atoms. The van der Waals surface area contributed by atoms with Crippen molar-refractivity contribution in [1.29, 1.82) is 0 Å². The van der Waals surface area contributed by atoms with Crippen LogP contribution in [0, 0.1) is 0 Å². The van der Waals surface area contributed by atoms with Crippen molar-refractivity contribution >= 4 is 16.7 Å². The van der Waals surface area contributed by atoms with Crippen LogP contribution in [0.25, 0.3) is 10.8 Å². The fourth-order valence-corrected chi connectivity index (χ4v) is 3.43. The molecule has 3 rings (SSSR count). The Morgan fingerprint density at radius 3 is 2.20 bits per heavy atom. The first kappa shape index (κ1) is 17.3. The zero-order chi connectivity index (χ0) is 17.6. The van der Waals surface area contributed by atoms with E-state index in [-0.39, 0.29) is 6.61 Å². The van der Waals surface area contributed by atoms with Gasteiger partial charge in [-0.1, -0.05) is 30.8 Å². The molecule has 1 aliphatic carbocycles. The predicted octanol–water partition coefficient (Wildman–Crippen LogP) is 4.23. The quantitative estimate of drug-likeness (QED) is 0.430. The van der Waals surface area contributed by atoms with Gasteiger partial charge in [0.05, 0.1) is 6.61 Å². The van der Waals surface area contributed by atoms with E-state index < -0.39 is 5.97 Å². The van der Waals surface area contributed by atoms with E-state index in [0.717, 1.165) is 47.6 Å². The van der Waals surface area contributed by atoms with Crippen LogP contribution in [0.4, 0.5) is 0 Å². The summed E-state index contributed by atoms with van der Waals surface area (Å²) >= 11 is 0. The molecule has 132 valence electrons. The van der Waals surface area contributed by atoms with Gasteiger partial charge in [-0.25, -0.2) is 4.79 Å². The van der Waals surface area contributed by atoms with Crippen LogP contribution < -0.4 is 9.47 Å². The number of carbonyl (C=O) groups excluding carboxylic acids is 1. The largest absolute Gasteiger partial charge is 0.493 e. The van der Waals surface area contributed by atoms with E-state index in [1.165, 1.54) is 17.5 Å². The third-order valence-corrected chi connectivity index (χ3v) is 4.46.